The van der Waals surface area contributed by atoms with Gasteiger partial charge in [-0.05, 0) is 48.9 Å². The van der Waals surface area contributed by atoms with Gasteiger partial charge in [0, 0.05) is 0 Å². The number of amides is 1. The van der Waals surface area contributed by atoms with Crippen molar-refractivity contribution >= 4 is 11.8 Å². The molecular weight excluding hydrogens is 256 g/mol. The van der Waals surface area contributed by atoms with E-state index in [1.165, 1.54) is 0 Å². The number of hydrogen-bond donors (Lipinski definition) is 2. The molecule has 0 radical (unpaired) electrons. The van der Waals surface area contributed by atoms with E-state index in [9.17, 15) is 4.79 Å². The molecule has 0 aliphatic carbocycles. The Morgan fingerprint density at radius 1 is 1.05 bits per heavy atom. The van der Waals surface area contributed by atoms with Crippen molar-refractivity contribution in [3.8, 4) is 11.5 Å². The Morgan fingerprint density at radius 3 is 2.25 bits per heavy atom. The van der Waals surface area contributed by atoms with E-state index in [0.29, 0.717) is 11.5 Å². The first-order chi connectivity index (χ1) is 9.65. The number of nitrogens with one attached hydrogen (secondary N) is 1. The number of hydrogen-bond acceptors (Lipinski definition) is 3. The Labute approximate surface area is 116 Å². The van der Waals surface area contributed by atoms with Crippen molar-refractivity contribution in [2.24, 2.45) is 5.10 Å². The number of rotatable bonds is 4. The van der Waals surface area contributed by atoms with Crippen LogP contribution in [0.15, 0.2) is 59.7 Å². The summed E-state index contributed by atoms with van der Waals surface area (Å²) in [7, 11) is 0. The molecule has 2 aromatic rings. The van der Waals surface area contributed by atoms with Crippen molar-refractivity contribution < 1.29 is 14.6 Å². The number of ether oxygens (including phenoxy) is 1. The van der Waals surface area contributed by atoms with Crippen LogP contribution in [0.5, 0.6) is 11.5 Å². The highest BCUT2D eigenvalue weighted by Crippen LogP contribution is 2.21. The summed E-state index contributed by atoms with van der Waals surface area (Å²) >= 11 is 0. The fourth-order valence-corrected chi connectivity index (χ4v) is 1.59. The first kappa shape index (κ1) is 13.6. The summed E-state index contributed by atoms with van der Waals surface area (Å²) in [5.74, 6) is 1.47. The smallest absolute Gasteiger partial charge is 0.425 e. The molecule has 0 aliphatic heterocycles. The number of carbonyl (C=O) groups is 1. The number of nitrogens with zero attached hydrogens (tertiary/aromatic N) is 1. The predicted molar refractivity (Wildman–Crippen MR) is 76.3 cm³/mol. The van der Waals surface area contributed by atoms with Gasteiger partial charge in [0.05, 0.1) is 5.71 Å². The van der Waals surface area contributed by atoms with Crippen molar-refractivity contribution in [3.05, 3.63) is 60.2 Å². The van der Waals surface area contributed by atoms with E-state index >= 15 is 0 Å². The lowest BCUT2D eigenvalue weighted by atomic mass is 10.1. The fourth-order valence-electron chi connectivity index (χ4n) is 1.59. The maximum atomic E-state index is 10.4. The van der Waals surface area contributed by atoms with Gasteiger partial charge in [0.25, 0.3) is 0 Å². The number of hydrazone groups is 1. The standard InChI is InChI=1S/C15H14N2O3/c1-11(16-17-15(18)19)12-7-9-14(10-8-12)20-13-5-3-2-4-6-13/h2-10,17H,1H3,(H,18,19)/b16-11+. The van der Waals surface area contributed by atoms with E-state index in [4.69, 9.17) is 9.84 Å². The largest absolute Gasteiger partial charge is 0.464 e. The van der Waals surface area contributed by atoms with Gasteiger partial charge in [0.15, 0.2) is 0 Å². The zero-order valence-electron chi connectivity index (χ0n) is 10.9. The summed E-state index contributed by atoms with van der Waals surface area (Å²) in [6.07, 6.45) is -1.19. The molecule has 0 spiro atoms. The molecule has 5 heteroatoms. The summed E-state index contributed by atoms with van der Waals surface area (Å²) in [5.41, 5.74) is 3.37. The highest BCUT2D eigenvalue weighted by atomic mass is 16.5. The van der Waals surface area contributed by atoms with Gasteiger partial charge in [-0.15, -0.1) is 0 Å². The van der Waals surface area contributed by atoms with Gasteiger partial charge >= 0.3 is 6.09 Å². The highest BCUT2D eigenvalue weighted by Gasteiger charge is 2.01. The van der Waals surface area contributed by atoms with Crippen LogP contribution in [0.3, 0.4) is 0 Å². The van der Waals surface area contributed by atoms with Crippen LogP contribution in [0.25, 0.3) is 0 Å². The van der Waals surface area contributed by atoms with Gasteiger partial charge in [-0.25, -0.2) is 10.2 Å². The number of para-hydroxylation sites is 1. The zero-order valence-corrected chi connectivity index (χ0v) is 10.9. The number of carboxylic acid groups (broad SMARTS) is 1. The first-order valence-corrected chi connectivity index (χ1v) is 6.02. The molecule has 0 bridgehead atoms. The van der Waals surface area contributed by atoms with Gasteiger partial charge in [0.2, 0.25) is 0 Å². The molecule has 0 atom stereocenters. The van der Waals surface area contributed by atoms with Crippen LogP contribution in [0, 0.1) is 0 Å². The minimum absolute atomic E-state index is 0.582. The molecule has 0 fully saturated rings. The third-order valence-corrected chi connectivity index (χ3v) is 2.57. The molecule has 0 saturated carbocycles. The Morgan fingerprint density at radius 2 is 1.65 bits per heavy atom. The van der Waals surface area contributed by atoms with Crippen molar-refractivity contribution in [3.63, 3.8) is 0 Å². The summed E-state index contributed by atoms with van der Waals surface area (Å²) in [6.45, 7) is 1.73. The summed E-state index contributed by atoms with van der Waals surface area (Å²) in [5, 5.41) is 12.2. The van der Waals surface area contributed by atoms with Gasteiger partial charge in [-0.3, -0.25) is 0 Å². The Balaban J connectivity index is 2.06. The minimum atomic E-state index is -1.19. The average molecular weight is 270 g/mol. The molecule has 5 nitrogen and oxygen atoms in total. The Hall–Kier alpha value is -2.82. The van der Waals surface area contributed by atoms with Crippen LogP contribution >= 0.6 is 0 Å². The predicted octanol–water partition coefficient (Wildman–Crippen LogP) is 3.47. The van der Waals surface area contributed by atoms with Crippen LogP contribution in [0.4, 0.5) is 4.79 Å². The normalized spacial score (nSPS) is 10.9. The third-order valence-electron chi connectivity index (χ3n) is 2.57. The lowest BCUT2D eigenvalue weighted by molar-refractivity contribution is 0.195. The highest BCUT2D eigenvalue weighted by molar-refractivity contribution is 5.99. The topological polar surface area (TPSA) is 70.9 Å². The molecule has 2 rings (SSSR count). The molecule has 0 unspecified atom stereocenters. The summed E-state index contributed by atoms with van der Waals surface area (Å²) in [4.78, 5) is 10.4. The Bertz CT molecular complexity index is 607. The third kappa shape index (κ3) is 3.84. The van der Waals surface area contributed by atoms with Crippen LogP contribution in [-0.2, 0) is 0 Å². The lowest BCUT2D eigenvalue weighted by Gasteiger charge is -2.06. The van der Waals surface area contributed by atoms with Crippen molar-refractivity contribution in [2.45, 2.75) is 6.92 Å². The van der Waals surface area contributed by atoms with Crippen LogP contribution in [-0.4, -0.2) is 16.9 Å². The second-order valence-electron chi connectivity index (χ2n) is 4.05. The summed E-state index contributed by atoms with van der Waals surface area (Å²) < 4.78 is 5.66. The molecule has 0 heterocycles. The van der Waals surface area contributed by atoms with E-state index in [-0.39, 0.29) is 0 Å². The van der Waals surface area contributed by atoms with Crippen molar-refractivity contribution in [1.82, 2.24) is 5.43 Å². The van der Waals surface area contributed by atoms with Gasteiger partial charge < -0.3 is 9.84 Å². The summed E-state index contributed by atoms with van der Waals surface area (Å²) in [6, 6.07) is 16.7. The number of benzene rings is 2. The van der Waals surface area contributed by atoms with E-state index in [0.717, 1.165) is 11.3 Å². The maximum absolute atomic E-state index is 10.4. The maximum Gasteiger partial charge on any atom is 0.425 e. The van der Waals surface area contributed by atoms with E-state index in [1.54, 1.807) is 6.92 Å². The average Bonchev–Trinajstić information content (AvgIpc) is 2.46. The first-order valence-electron chi connectivity index (χ1n) is 6.02. The van der Waals surface area contributed by atoms with Gasteiger partial charge in [-0.2, -0.15) is 5.10 Å². The Kier molecular flexibility index (Phi) is 4.34. The fraction of sp³-hybridized carbons (Fsp3) is 0.0667. The zero-order chi connectivity index (χ0) is 14.4. The molecule has 102 valence electrons. The molecule has 2 aromatic carbocycles. The molecule has 0 saturated heterocycles. The minimum Gasteiger partial charge on any atom is -0.464 e. The van der Waals surface area contributed by atoms with Crippen molar-refractivity contribution in [2.75, 3.05) is 0 Å². The molecule has 0 aromatic heterocycles. The quantitative estimate of drug-likeness (QED) is 0.660. The molecule has 20 heavy (non-hydrogen) atoms. The van der Waals surface area contributed by atoms with E-state index in [1.807, 2.05) is 60.0 Å². The monoisotopic (exact) mass is 270 g/mol. The molecular formula is C15H14N2O3. The van der Waals surface area contributed by atoms with Crippen molar-refractivity contribution in [1.29, 1.82) is 0 Å². The SMILES string of the molecule is C/C(=N\NC(=O)O)c1ccc(Oc2ccccc2)cc1. The second kappa shape index (κ2) is 6.38. The van der Waals surface area contributed by atoms with Gasteiger partial charge in [0.1, 0.15) is 11.5 Å². The van der Waals surface area contributed by atoms with E-state index < -0.39 is 6.09 Å². The van der Waals surface area contributed by atoms with E-state index in [2.05, 4.69) is 5.10 Å². The lowest BCUT2D eigenvalue weighted by Crippen LogP contribution is -2.16. The van der Waals surface area contributed by atoms with Crippen LogP contribution in [0.2, 0.25) is 0 Å². The van der Waals surface area contributed by atoms with Crippen LogP contribution in [0.1, 0.15) is 12.5 Å². The molecule has 2 N–H and O–H groups in total. The van der Waals surface area contributed by atoms with Crippen LogP contribution < -0.4 is 10.2 Å². The molecule has 1 amide bonds. The van der Waals surface area contributed by atoms with Gasteiger partial charge in [-0.1, -0.05) is 18.2 Å². The molecule has 0 aliphatic rings. The second-order valence-corrected chi connectivity index (χ2v) is 4.05.